The van der Waals surface area contributed by atoms with Gasteiger partial charge in [-0.1, -0.05) is 144 Å². The Labute approximate surface area is 289 Å². The van der Waals surface area contributed by atoms with E-state index in [2.05, 4.69) is 183 Å². The van der Waals surface area contributed by atoms with Crippen LogP contribution < -0.4 is 46.3 Å². The lowest BCUT2D eigenvalue weighted by Crippen LogP contribution is -2.57. The Hall–Kier alpha value is -5.78. The second-order valence-electron chi connectivity index (χ2n) is 12.9. The van der Waals surface area contributed by atoms with Crippen molar-refractivity contribution in [3.05, 3.63) is 175 Å². The molecule has 234 valence electrons. The van der Waals surface area contributed by atoms with Crippen molar-refractivity contribution in [3.63, 3.8) is 0 Å². The Morgan fingerprint density at radius 2 is 0.980 bits per heavy atom. The zero-order valence-corrected chi connectivity index (χ0v) is 28.7. The SMILES string of the molecule is Cc1ccccc1N(c1ccccc1[SiH](c1ccccc1)c1ccccc1)c1cc(C)c2c3c1Oc1ccccc1B3c1ccccc1O2. The zero-order valence-electron chi connectivity index (χ0n) is 27.5. The van der Waals surface area contributed by atoms with E-state index in [0.29, 0.717) is 0 Å². The third kappa shape index (κ3) is 4.89. The van der Waals surface area contributed by atoms with Crippen molar-refractivity contribution < 1.29 is 9.47 Å². The first-order valence-electron chi connectivity index (χ1n) is 16.9. The topological polar surface area (TPSA) is 21.7 Å². The molecule has 3 nitrogen and oxygen atoms in total. The van der Waals surface area contributed by atoms with Gasteiger partial charge >= 0.3 is 0 Å². The van der Waals surface area contributed by atoms with Gasteiger partial charge in [0.25, 0.3) is 6.71 Å². The molecular weight excluding hydrogens is 613 g/mol. The summed E-state index contributed by atoms with van der Waals surface area (Å²) in [7, 11) is -1.93. The molecule has 5 heteroatoms. The number of aryl methyl sites for hydroxylation is 2. The molecule has 0 aromatic heterocycles. The molecule has 0 unspecified atom stereocenters. The third-order valence-electron chi connectivity index (χ3n) is 9.96. The lowest BCUT2D eigenvalue weighted by Gasteiger charge is -2.38. The van der Waals surface area contributed by atoms with E-state index in [-0.39, 0.29) is 6.71 Å². The van der Waals surface area contributed by atoms with E-state index in [4.69, 9.17) is 9.47 Å². The molecule has 0 bridgehead atoms. The molecule has 0 saturated heterocycles. The number of fused-ring (bicyclic) bond motifs is 4. The number of anilines is 3. The average molecular weight is 648 g/mol. The molecule has 9 rings (SSSR count). The molecule has 0 spiro atoms. The quantitative estimate of drug-likeness (QED) is 0.147. The van der Waals surface area contributed by atoms with Gasteiger partial charge in [0, 0.05) is 16.8 Å². The molecule has 49 heavy (non-hydrogen) atoms. The molecule has 0 fully saturated rings. The van der Waals surface area contributed by atoms with Crippen LogP contribution in [0, 0.1) is 13.8 Å². The molecule has 2 heterocycles. The molecule has 0 amide bonds. The first kappa shape index (κ1) is 29.4. The first-order valence-corrected chi connectivity index (χ1v) is 18.7. The highest BCUT2D eigenvalue weighted by atomic mass is 28.3. The second kappa shape index (κ2) is 12.0. The summed E-state index contributed by atoms with van der Waals surface area (Å²) >= 11 is 0. The summed E-state index contributed by atoms with van der Waals surface area (Å²) in [5, 5.41) is 4.10. The molecule has 0 radical (unpaired) electrons. The highest BCUT2D eigenvalue weighted by Gasteiger charge is 2.43. The monoisotopic (exact) mass is 647 g/mol. The number of benzene rings is 7. The van der Waals surface area contributed by atoms with Gasteiger partial charge in [-0.25, -0.2) is 0 Å². The van der Waals surface area contributed by atoms with E-state index in [9.17, 15) is 0 Å². The number of nitrogens with zero attached hydrogens (tertiary/aromatic N) is 1. The minimum atomic E-state index is -1.93. The highest BCUT2D eigenvalue weighted by Crippen LogP contribution is 2.47. The lowest BCUT2D eigenvalue weighted by molar-refractivity contribution is 0.463. The van der Waals surface area contributed by atoms with Crippen LogP contribution in [0.1, 0.15) is 11.1 Å². The molecule has 0 aliphatic carbocycles. The summed E-state index contributed by atoms with van der Waals surface area (Å²) in [5.74, 6) is 3.51. The van der Waals surface area contributed by atoms with Gasteiger partial charge in [-0.3, -0.25) is 0 Å². The van der Waals surface area contributed by atoms with E-state index < -0.39 is 8.80 Å². The number of hydrogen-bond donors (Lipinski definition) is 0. The fourth-order valence-electron chi connectivity index (χ4n) is 7.76. The Morgan fingerprint density at radius 1 is 0.469 bits per heavy atom. The third-order valence-corrected chi connectivity index (χ3v) is 13.2. The molecule has 0 atom stereocenters. The van der Waals surface area contributed by atoms with E-state index in [1.807, 2.05) is 0 Å². The van der Waals surface area contributed by atoms with Crippen LogP contribution >= 0.6 is 0 Å². The Morgan fingerprint density at radius 3 is 1.61 bits per heavy atom. The molecule has 7 aromatic rings. The molecule has 2 aliphatic heterocycles. The van der Waals surface area contributed by atoms with Crippen LogP contribution in [0.4, 0.5) is 17.1 Å². The van der Waals surface area contributed by atoms with Crippen LogP contribution in [-0.2, 0) is 0 Å². The summed E-state index contributed by atoms with van der Waals surface area (Å²) in [4.78, 5) is 2.45. The minimum absolute atomic E-state index is 0.0109. The lowest BCUT2D eigenvalue weighted by atomic mass is 9.34. The maximum absolute atomic E-state index is 7.05. The summed E-state index contributed by atoms with van der Waals surface area (Å²) < 4.78 is 13.8. The molecule has 0 N–H and O–H groups in total. The largest absolute Gasteiger partial charge is 0.458 e. The smallest absolute Gasteiger partial charge is 0.260 e. The van der Waals surface area contributed by atoms with Crippen LogP contribution in [0.15, 0.2) is 164 Å². The molecule has 7 aromatic carbocycles. The summed E-state index contributed by atoms with van der Waals surface area (Å²) in [6.45, 7) is 4.35. The summed E-state index contributed by atoms with van der Waals surface area (Å²) in [5.41, 5.74) is 8.96. The van der Waals surface area contributed by atoms with E-state index in [1.54, 1.807) is 0 Å². The minimum Gasteiger partial charge on any atom is -0.458 e. The Kier molecular flexibility index (Phi) is 7.21. The van der Waals surface area contributed by atoms with E-state index in [0.717, 1.165) is 62.0 Å². The summed E-state index contributed by atoms with van der Waals surface area (Å²) in [6, 6.07) is 58.9. The van der Waals surface area contributed by atoms with Crippen LogP contribution in [0.25, 0.3) is 0 Å². The van der Waals surface area contributed by atoms with Gasteiger partial charge in [0.2, 0.25) is 0 Å². The van der Waals surface area contributed by atoms with Crippen molar-refractivity contribution in [1.82, 2.24) is 0 Å². The standard InChI is InChI=1S/C44H34BNO2Si/c1-30-17-9-12-24-36(30)46(37-25-13-16-28-41(37)49(32-18-5-3-6-19-32)33-20-7-4-8-21-33)38-29-31(2)43-42-44(38)48-40-27-15-11-23-35(40)45(42)34-22-10-14-26-39(34)47-43/h3-29,49H,1-2H3. The van der Waals surface area contributed by atoms with Crippen molar-refractivity contribution in [2.24, 2.45) is 0 Å². The van der Waals surface area contributed by atoms with Gasteiger partial charge in [-0.15, -0.1) is 0 Å². The van der Waals surface area contributed by atoms with Crippen LogP contribution in [-0.4, -0.2) is 15.5 Å². The van der Waals surface area contributed by atoms with E-state index in [1.165, 1.54) is 21.1 Å². The van der Waals surface area contributed by atoms with Crippen molar-refractivity contribution in [3.8, 4) is 23.0 Å². The fourth-order valence-corrected chi connectivity index (χ4v) is 10.9. The predicted molar refractivity (Wildman–Crippen MR) is 207 cm³/mol. The number of ether oxygens (including phenoxy) is 2. The number of hydrogen-bond acceptors (Lipinski definition) is 3. The van der Waals surface area contributed by atoms with Gasteiger partial charge in [-0.2, -0.15) is 0 Å². The van der Waals surface area contributed by atoms with Gasteiger partial charge in [-0.05, 0) is 71.4 Å². The van der Waals surface area contributed by atoms with Crippen LogP contribution in [0.3, 0.4) is 0 Å². The van der Waals surface area contributed by atoms with Gasteiger partial charge in [0.15, 0.2) is 0 Å². The van der Waals surface area contributed by atoms with E-state index >= 15 is 0 Å². The summed E-state index contributed by atoms with van der Waals surface area (Å²) in [6.07, 6.45) is 0. The molecule has 2 aliphatic rings. The second-order valence-corrected chi connectivity index (χ2v) is 15.8. The van der Waals surface area contributed by atoms with Crippen molar-refractivity contribution in [1.29, 1.82) is 0 Å². The molecule has 0 saturated carbocycles. The van der Waals surface area contributed by atoms with Crippen molar-refractivity contribution >= 4 is 64.5 Å². The fraction of sp³-hybridized carbons (Fsp3) is 0.0455. The number of para-hydroxylation sites is 4. The maximum Gasteiger partial charge on any atom is 0.260 e. The van der Waals surface area contributed by atoms with Gasteiger partial charge in [0.1, 0.15) is 31.8 Å². The maximum atomic E-state index is 7.05. The highest BCUT2D eigenvalue weighted by molar-refractivity contribution is 6.98. The van der Waals surface area contributed by atoms with Crippen molar-refractivity contribution in [2.45, 2.75) is 13.8 Å². The van der Waals surface area contributed by atoms with Crippen LogP contribution in [0.5, 0.6) is 23.0 Å². The van der Waals surface area contributed by atoms with Crippen molar-refractivity contribution in [2.75, 3.05) is 4.90 Å². The Bertz CT molecular complexity index is 2290. The van der Waals surface area contributed by atoms with Gasteiger partial charge < -0.3 is 14.4 Å². The van der Waals surface area contributed by atoms with Crippen LogP contribution in [0.2, 0.25) is 0 Å². The van der Waals surface area contributed by atoms with Gasteiger partial charge in [0.05, 0.1) is 5.69 Å². The predicted octanol–water partition coefficient (Wildman–Crippen LogP) is 6.75. The normalized spacial score (nSPS) is 12.3. The molecular formula is C44H34BNO2Si. The Balaban J connectivity index is 1.34. The first-order chi connectivity index (χ1) is 24.2. The zero-order chi connectivity index (χ0) is 32.9. The average Bonchev–Trinajstić information content (AvgIpc) is 3.15. The number of rotatable bonds is 6.